The SMILES string of the molecule is COC(CC(O)c1cc(C(F)(F)F)nc(C(F)(F)F)c1)c1cc(C(F)(F)F)cc(C(F)(F)F)c1. The second-order valence-electron chi connectivity index (χ2n) is 6.98. The summed E-state index contributed by atoms with van der Waals surface area (Å²) in [5, 5.41) is 10.2. The molecule has 3 nitrogen and oxygen atoms in total. The van der Waals surface area contributed by atoms with E-state index in [2.05, 4.69) is 4.98 Å². The van der Waals surface area contributed by atoms with Crippen molar-refractivity contribution in [1.82, 2.24) is 4.98 Å². The van der Waals surface area contributed by atoms with Crippen molar-refractivity contribution in [2.45, 2.75) is 43.3 Å². The molecule has 0 amide bonds. The first kappa shape index (κ1) is 27.7. The first-order valence-electron chi connectivity index (χ1n) is 8.90. The lowest BCUT2D eigenvalue weighted by molar-refractivity contribution is -0.150. The lowest BCUT2D eigenvalue weighted by Crippen LogP contribution is -2.18. The molecule has 1 aromatic carbocycles. The highest BCUT2D eigenvalue weighted by Gasteiger charge is 2.40. The molecule has 0 saturated carbocycles. The normalized spacial score (nSPS) is 15.4. The van der Waals surface area contributed by atoms with Crippen molar-refractivity contribution in [3.05, 3.63) is 64.0 Å². The number of nitrogens with zero attached hydrogens (tertiary/aromatic N) is 1. The van der Waals surface area contributed by atoms with Crippen molar-refractivity contribution in [3.63, 3.8) is 0 Å². The van der Waals surface area contributed by atoms with Crippen molar-refractivity contribution in [2.24, 2.45) is 0 Å². The molecule has 34 heavy (non-hydrogen) atoms. The monoisotopic (exact) mass is 515 g/mol. The van der Waals surface area contributed by atoms with Crippen LogP contribution in [0.3, 0.4) is 0 Å². The average molecular weight is 515 g/mol. The number of aliphatic hydroxyl groups excluding tert-OH is 1. The molecule has 2 rings (SSSR count). The lowest BCUT2D eigenvalue weighted by atomic mass is 9.95. The molecule has 1 heterocycles. The largest absolute Gasteiger partial charge is 0.433 e. The summed E-state index contributed by atoms with van der Waals surface area (Å²) in [4.78, 5) is 2.45. The molecule has 2 atom stereocenters. The average Bonchev–Trinajstić information content (AvgIpc) is 2.68. The summed E-state index contributed by atoms with van der Waals surface area (Å²) in [6.45, 7) is 0. The zero-order valence-electron chi connectivity index (χ0n) is 16.6. The highest BCUT2D eigenvalue weighted by atomic mass is 19.4. The first-order valence-corrected chi connectivity index (χ1v) is 8.90. The van der Waals surface area contributed by atoms with Crippen molar-refractivity contribution in [2.75, 3.05) is 7.11 Å². The van der Waals surface area contributed by atoms with Gasteiger partial charge in [0, 0.05) is 13.5 Å². The van der Waals surface area contributed by atoms with Gasteiger partial charge in [-0.3, -0.25) is 0 Å². The summed E-state index contributed by atoms with van der Waals surface area (Å²) in [6, 6.07) is 0.524. The number of hydrogen-bond donors (Lipinski definition) is 1. The van der Waals surface area contributed by atoms with E-state index in [4.69, 9.17) is 4.74 Å². The number of ether oxygens (including phenoxy) is 1. The zero-order valence-corrected chi connectivity index (χ0v) is 16.6. The van der Waals surface area contributed by atoms with Crippen molar-refractivity contribution >= 4 is 0 Å². The molecule has 0 fully saturated rings. The van der Waals surface area contributed by atoms with Gasteiger partial charge < -0.3 is 9.84 Å². The number of rotatable bonds is 5. The summed E-state index contributed by atoms with van der Waals surface area (Å²) in [5.74, 6) is 0. The van der Waals surface area contributed by atoms with Crippen LogP contribution in [0.2, 0.25) is 0 Å². The van der Waals surface area contributed by atoms with Gasteiger partial charge >= 0.3 is 24.7 Å². The Labute approximate surface area is 183 Å². The highest BCUT2D eigenvalue weighted by Crippen LogP contribution is 2.40. The summed E-state index contributed by atoms with van der Waals surface area (Å²) < 4.78 is 161. The molecule has 0 aliphatic heterocycles. The molecule has 0 saturated heterocycles. The number of hydrogen-bond acceptors (Lipinski definition) is 3. The summed E-state index contributed by atoms with van der Waals surface area (Å²) >= 11 is 0. The Morgan fingerprint density at radius 1 is 0.676 bits per heavy atom. The van der Waals surface area contributed by atoms with Gasteiger partial charge in [-0.05, 0) is 41.5 Å². The van der Waals surface area contributed by atoms with Gasteiger partial charge in [-0.15, -0.1) is 0 Å². The number of pyridine rings is 1. The number of benzene rings is 1. The van der Waals surface area contributed by atoms with Gasteiger partial charge in [0.15, 0.2) is 0 Å². The minimum atomic E-state index is -5.35. The van der Waals surface area contributed by atoms with E-state index in [1.54, 1.807) is 0 Å². The van der Waals surface area contributed by atoms with E-state index >= 15 is 0 Å². The Bertz CT molecular complexity index is 944. The fourth-order valence-electron chi connectivity index (χ4n) is 2.91. The van der Waals surface area contributed by atoms with Crippen LogP contribution in [-0.2, 0) is 29.4 Å². The Morgan fingerprint density at radius 3 is 1.41 bits per heavy atom. The molecule has 190 valence electrons. The molecule has 0 spiro atoms. The van der Waals surface area contributed by atoms with E-state index in [0.29, 0.717) is 0 Å². The van der Waals surface area contributed by atoms with Crippen LogP contribution in [0.4, 0.5) is 52.7 Å². The number of methoxy groups -OCH3 is 1. The quantitative estimate of drug-likeness (QED) is 0.438. The van der Waals surface area contributed by atoms with Crippen LogP contribution in [0.5, 0.6) is 0 Å². The lowest BCUT2D eigenvalue weighted by Gasteiger charge is -2.23. The minimum absolute atomic E-state index is 0.0832. The molecule has 1 N–H and O–H groups in total. The fourth-order valence-corrected chi connectivity index (χ4v) is 2.91. The van der Waals surface area contributed by atoms with Crippen LogP contribution in [0.1, 0.15) is 52.3 Å². The molecule has 0 aliphatic rings. The smallest absolute Gasteiger partial charge is 0.388 e. The maximum absolute atomic E-state index is 13.1. The van der Waals surface area contributed by atoms with Gasteiger partial charge in [0.25, 0.3) is 0 Å². The van der Waals surface area contributed by atoms with Crippen LogP contribution in [0.15, 0.2) is 30.3 Å². The minimum Gasteiger partial charge on any atom is -0.388 e. The van der Waals surface area contributed by atoms with Crippen molar-refractivity contribution < 1.29 is 62.5 Å². The molecule has 15 heteroatoms. The predicted octanol–water partition coefficient (Wildman–Crippen LogP) is 6.97. The summed E-state index contributed by atoms with van der Waals surface area (Å²) in [6.07, 6.45) is -26.1. The van der Waals surface area contributed by atoms with E-state index in [1.165, 1.54) is 0 Å². The second kappa shape index (κ2) is 9.24. The van der Waals surface area contributed by atoms with Gasteiger partial charge in [0.1, 0.15) is 11.4 Å². The third kappa shape index (κ3) is 6.74. The molecule has 0 radical (unpaired) electrons. The standard InChI is InChI=1S/C19H13F12NO2/c1-34-13(9-2-10(16(20,21)22)6-11(3-9)17(23,24)25)7-12(33)8-4-14(18(26,27)28)32-15(5-8)19(29,30)31/h2-6,12-13,33H,7H2,1H3. The number of alkyl halides is 12. The van der Waals surface area contributed by atoms with E-state index in [-0.39, 0.29) is 30.3 Å². The summed E-state index contributed by atoms with van der Waals surface area (Å²) in [7, 11) is 0.819. The third-order valence-corrected chi connectivity index (χ3v) is 4.52. The summed E-state index contributed by atoms with van der Waals surface area (Å²) in [5.41, 5.74) is -9.20. The van der Waals surface area contributed by atoms with Crippen LogP contribution < -0.4 is 0 Å². The van der Waals surface area contributed by atoms with Crippen molar-refractivity contribution in [1.29, 1.82) is 0 Å². The second-order valence-corrected chi connectivity index (χ2v) is 6.98. The fraction of sp³-hybridized carbons (Fsp3) is 0.421. The van der Waals surface area contributed by atoms with Crippen LogP contribution >= 0.6 is 0 Å². The number of halogens is 12. The third-order valence-electron chi connectivity index (χ3n) is 4.52. The maximum Gasteiger partial charge on any atom is 0.433 e. The Hall–Kier alpha value is -2.55. The van der Waals surface area contributed by atoms with Gasteiger partial charge in [0.2, 0.25) is 0 Å². The van der Waals surface area contributed by atoms with Crippen LogP contribution in [0, 0.1) is 0 Å². The molecule has 2 unspecified atom stereocenters. The van der Waals surface area contributed by atoms with Gasteiger partial charge in [0.05, 0.1) is 23.3 Å². The van der Waals surface area contributed by atoms with E-state index in [9.17, 15) is 57.8 Å². The van der Waals surface area contributed by atoms with Crippen LogP contribution in [-0.4, -0.2) is 17.2 Å². The number of aliphatic hydroxyl groups is 1. The molecule has 2 aromatic rings. The molecular formula is C19H13F12NO2. The van der Waals surface area contributed by atoms with Gasteiger partial charge in [-0.25, -0.2) is 4.98 Å². The van der Waals surface area contributed by atoms with Crippen molar-refractivity contribution in [3.8, 4) is 0 Å². The number of aromatic nitrogens is 1. The zero-order chi connectivity index (χ0) is 26.3. The molecule has 0 aliphatic carbocycles. The Morgan fingerprint density at radius 2 is 1.09 bits per heavy atom. The predicted molar refractivity (Wildman–Crippen MR) is 90.0 cm³/mol. The van der Waals surface area contributed by atoms with Crippen LogP contribution in [0.25, 0.3) is 0 Å². The Balaban J connectivity index is 2.52. The first-order chi connectivity index (χ1) is 15.2. The van der Waals surface area contributed by atoms with E-state index in [1.807, 2.05) is 0 Å². The van der Waals surface area contributed by atoms with E-state index < -0.39 is 77.0 Å². The topological polar surface area (TPSA) is 42.4 Å². The highest BCUT2D eigenvalue weighted by molar-refractivity contribution is 5.35. The maximum atomic E-state index is 13.1. The van der Waals surface area contributed by atoms with Gasteiger partial charge in [-0.2, -0.15) is 52.7 Å². The Kier molecular flexibility index (Phi) is 7.53. The van der Waals surface area contributed by atoms with E-state index in [0.717, 1.165) is 7.11 Å². The molecule has 0 bridgehead atoms. The molecular weight excluding hydrogens is 502 g/mol. The molecule has 1 aromatic heterocycles. The van der Waals surface area contributed by atoms with Gasteiger partial charge in [-0.1, -0.05) is 0 Å².